The van der Waals surface area contributed by atoms with Crippen LogP contribution in [0, 0.1) is 0 Å². The lowest BCUT2D eigenvalue weighted by molar-refractivity contribution is 0.0780. The van der Waals surface area contributed by atoms with Crippen LogP contribution < -0.4 is 19.1 Å². The van der Waals surface area contributed by atoms with Crippen LogP contribution in [0.1, 0.15) is 35.2 Å². The molecule has 51 heavy (non-hydrogen) atoms. The normalized spacial score (nSPS) is 18.0. The van der Waals surface area contributed by atoms with Crippen LogP contribution >= 0.6 is 24.0 Å². The topological polar surface area (TPSA) is 116 Å². The lowest BCUT2D eigenvalue weighted by Crippen LogP contribution is -2.39. The van der Waals surface area contributed by atoms with Crippen molar-refractivity contribution in [3.05, 3.63) is 84.2 Å². The van der Waals surface area contributed by atoms with Gasteiger partial charge in [-0.3, -0.25) is 4.79 Å². The summed E-state index contributed by atoms with van der Waals surface area (Å²) in [5.74, 6) is 2.39. The molecule has 0 aliphatic carbocycles. The molecule has 5 aromatic rings. The molecule has 13 nitrogen and oxygen atoms in total. The molecule has 14 heteroatoms. The Kier molecular flexibility index (Phi) is 11.6. The summed E-state index contributed by atoms with van der Waals surface area (Å²) in [5, 5.41) is 11.6. The minimum Gasteiger partial charge on any atom is -0.493 e. The predicted octanol–water partition coefficient (Wildman–Crippen LogP) is 4.75. The molecule has 1 unspecified atom stereocenters. The molecule has 2 fully saturated rings. The monoisotopic (exact) mass is 807 g/mol. The number of para-hydroxylation sites is 2. The Morgan fingerprint density at radius 1 is 0.843 bits per heavy atom. The highest BCUT2D eigenvalue weighted by Crippen LogP contribution is 2.41. The highest BCUT2D eigenvalue weighted by atomic mass is 127. The summed E-state index contributed by atoms with van der Waals surface area (Å²) in [6.45, 7) is 7.45. The van der Waals surface area contributed by atoms with Gasteiger partial charge in [0.05, 0.1) is 38.9 Å². The van der Waals surface area contributed by atoms with Crippen LogP contribution in [0.2, 0.25) is 0 Å². The number of aryl methyl sites for hydroxylation is 2. The van der Waals surface area contributed by atoms with Gasteiger partial charge >= 0.3 is 0 Å². The quantitative estimate of drug-likeness (QED) is 0.164. The van der Waals surface area contributed by atoms with Crippen LogP contribution in [0.15, 0.2) is 73.1 Å². The van der Waals surface area contributed by atoms with Gasteiger partial charge in [0.1, 0.15) is 6.33 Å². The maximum atomic E-state index is 14.0. The number of amides is 1. The zero-order valence-electron chi connectivity index (χ0n) is 29.5. The number of nitrogens with zero attached hydrogens (tertiary/aromatic N) is 9. The number of tetrazole rings is 1. The number of fused-ring (bicyclic) bond motifs is 1. The third-order valence-corrected chi connectivity index (χ3v) is 10.3. The van der Waals surface area contributed by atoms with Gasteiger partial charge in [0.25, 0.3) is 5.91 Å². The summed E-state index contributed by atoms with van der Waals surface area (Å²) in [7, 11) is 4.70. The summed E-state index contributed by atoms with van der Waals surface area (Å²) in [4.78, 5) is 26.1. The zero-order valence-corrected chi connectivity index (χ0v) is 31.8. The van der Waals surface area contributed by atoms with Crippen molar-refractivity contribution in [1.29, 1.82) is 0 Å². The largest absolute Gasteiger partial charge is 0.493 e. The van der Waals surface area contributed by atoms with E-state index in [-0.39, 0.29) is 35.3 Å². The van der Waals surface area contributed by atoms with Crippen molar-refractivity contribution in [2.45, 2.75) is 37.8 Å². The van der Waals surface area contributed by atoms with Crippen molar-refractivity contribution in [2.24, 2.45) is 0 Å². The molecule has 0 bridgehead atoms. The number of ether oxygens (including phenoxy) is 3. The minimum absolute atomic E-state index is 0. The molecule has 1 amide bonds. The molecular formula is C37H46IN9O4. The second-order valence-electron chi connectivity index (χ2n) is 13.1. The molecule has 0 N–H and O–H groups in total. The first-order chi connectivity index (χ1) is 24.5. The molecule has 0 spiro atoms. The Hall–Kier alpha value is -4.44. The fourth-order valence-corrected chi connectivity index (χ4v) is 7.59. The number of methoxy groups -OCH3 is 3. The van der Waals surface area contributed by atoms with Gasteiger partial charge in [-0.15, -0.1) is 29.1 Å². The van der Waals surface area contributed by atoms with E-state index in [0.717, 1.165) is 75.5 Å². The highest BCUT2D eigenvalue weighted by Gasteiger charge is 2.42. The lowest BCUT2D eigenvalue weighted by Gasteiger charge is -2.33. The average molecular weight is 808 g/mol. The highest BCUT2D eigenvalue weighted by molar-refractivity contribution is 14.0. The average Bonchev–Trinajstić information content (AvgIpc) is 3.89. The van der Waals surface area contributed by atoms with Crippen molar-refractivity contribution < 1.29 is 19.0 Å². The molecule has 2 aliphatic heterocycles. The van der Waals surface area contributed by atoms with E-state index < -0.39 is 0 Å². The van der Waals surface area contributed by atoms with Crippen molar-refractivity contribution >= 4 is 46.9 Å². The molecule has 1 atom stereocenters. The second-order valence-corrected chi connectivity index (χ2v) is 13.1. The summed E-state index contributed by atoms with van der Waals surface area (Å²) in [6, 6.07) is 22.5. The van der Waals surface area contributed by atoms with E-state index in [1.807, 2.05) is 11.0 Å². The SMILES string of the molecule is COc1cc(C(=O)N2CCC(CCN3CCCN(c4nc5ccccc5n4CCn4cnnn4)CC3)(c3ccccc3)C2)cc(OC)c1OC.I. The Morgan fingerprint density at radius 2 is 1.61 bits per heavy atom. The number of imidazole rings is 1. The number of hydrogen-bond donors (Lipinski definition) is 0. The summed E-state index contributed by atoms with van der Waals surface area (Å²) >= 11 is 0. The van der Waals surface area contributed by atoms with E-state index >= 15 is 0 Å². The van der Waals surface area contributed by atoms with Gasteiger partial charge in [-0.25, -0.2) is 9.67 Å². The lowest BCUT2D eigenvalue weighted by atomic mass is 9.76. The standard InChI is InChI=1S/C37H45N9O4.HI/c1-48-32-24-28(25-33(49-2)34(32)50-3)35(47)44-19-15-37(26-44,29-10-5-4-6-11-29)14-18-42-16-9-17-43(21-20-42)36-39-30-12-7-8-13-31(30)46(36)23-22-45-27-38-40-41-45;/h4-8,10-13,24-25,27H,9,14-23,26H2,1-3H3;1H. The van der Waals surface area contributed by atoms with Gasteiger partial charge < -0.3 is 33.5 Å². The number of benzene rings is 3. The van der Waals surface area contributed by atoms with Gasteiger partial charge in [-0.2, -0.15) is 0 Å². The Morgan fingerprint density at radius 3 is 2.33 bits per heavy atom. The second kappa shape index (κ2) is 16.3. The maximum Gasteiger partial charge on any atom is 0.254 e. The third-order valence-electron chi connectivity index (χ3n) is 10.3. The first-order valence-electron chi connectivity index (χ1n) is 17.3. The molecule has 2 aromatic heterocycles. The Balaban J connectivity index is 0.00000448. The van der Waals surface area contributed by atoms with E-state index in [2.05, 4.69) is 78.4 Å². The molecule has 0 saturated carbocycles. The molecule has 270 valence electrons. The van der Waals surface area contributed by atoms with Crippen molar-refractivity contribution in [3.8, 4) is 17.2 Å². The number of anilines is 1. The predicted molar refractivity (Wildman–Crippen MR) is 206 cm³/mol. The molecule has 3 aromatic carbocycles. The van der Waals surface area contributed by atoms with Crippen LogP contribution in [0.3, 0.4) is 0 Å². The number of aromatic nitrogens is 6. The Labute approximate surface area is 315 Å². The van der Waals surface area contributed by atoms with Gasteiger partial charge in [-0.1, -0.05) is 42.5 Å². The number of hydrogen-bond acceptors (Lipinski definition) is 10. The van der Waals surface area contributed by atoms with Gasteiger partial charge in [0.15, 0.2) is 11.5 Å². The number of carbonyl (C=O) groups excluding carboxylic acids is 1. The summed E-state index contributed by atoms with van der Waals surface area (Å²) < 4.78 is 20.6. The van der Waals surface area contributed by atoms with E-state index in [9.17, 15) is 4.79 Å². The maximum absolute atomic E-state index is 14.0. The minimum atomic E-state index is -0.145. The first-order valence-corrected chi connectivity index (χ1v) is 17.3. The van der Waals surface area contributed by atoms with Gasteiger partial charge in [0, 0.05) is 50.2 Å². The van der Waals surface area contributed by atoms with Crippen LogP contribution in [0.25, 0.3) is 11.0 Å². The molecule has 7 rings (SSSR count). The smallest absolute Gasteiger partial charge is 0.254 e. The molecular weight excluding hydrogens is 761 g/mol. The molecule has 4 heterocycles. The van der Waals surface area contributed by atoms with Crippen LogP contribution in [-0.2, 0) is 18.5 Å². The fourth-order valence-electron chi connectivity index (χ4n) is 7.59. The van der Waals surface area contributed by atoms with E-state index in [0.29, 0.717) is 42.4 Å². The van der Waals surface area contributed by atoms with Crippen LogP contribution in [0.4, 0.5) is 5.95 Å². The summed E-state index contributed by atoms with van der Waals surface area (Å²) in [5.41, 5.74) is 3.78. The number of halogens is 1. The van der Waals surface area contributed by atoms with Crippen molar-refractivity contribution in [3.63, 3.8) is 0 Å². The molecule has 2 saturated heterocycles. The Bertz CT molecular complexity index is 1880. The number of rotatable bonds is 12. The third kappa shape index (κ3) is 7.61. The van der Waals surface area contributed by atoms with Crippen molar-refractivity contribution in [2.75, 3.05) is 72.0 Å². The molecule has 0 radical (unpaired) electrons. The van der Waals surface area contributed by atoms with Crippen LogP contribution in [-0.4, -0.2) is 113 Å². The van der Waals surface area contributed by atoms with Crippen LogP contribution in [0.5, 0.6) is 17.2 Å². The van der Waals surface area contributed by atoms with E-state index in [1.165, 1.54) is 5.56 Å². The summed E-state index contributed by atoms with van der Waals surface area (Å²) in [6.07, 6.45) is 4.55. The van der Waals surface area contributed by atoms with E-state index in [4.69, 9.17) is 19.2 Å². The van der Waals surface area contributed by atoms with Gasteiger partial charge in [-0.05, 0) is 72.6 Å². The molecule has 2 aliphatic rings. The number of carbonyl (C=O) groups is 1. The number of likely N-dealkylation sites (tertiary alicyclic amines) is 1. The van der Waals surface area contributed by atoms with Crippen molar-refractivity contribution in [1.82, 2.24) is 39.6 Å². The first kappa shape index (κ1) is 36.4. The van der Waals surface area contributed by atoms with Gasteiger partial charge in [0.2, 0.25) is 11.7 Å². The van der Waals surface area contributed by atoms with E-state index in [1.54, 1.807) is 44.5 Å². The fraction of sp³-hybridized carbons (Fsp3) is 0.432. The zero-order chi connectivity index (χ0) is 34.5.